The van der Waals surface area contributed by atoms with Crippen LogP contribution in [0.3, 0.4) is 0 Å². The van der Waals surface area contributed by atoms with Crippen molar-refractivity contribution in [1.29, 1.82) is 0 Å². The Morgan fingerprint density at radius 2 is 1.81 bits per heavy atom. The molecule has 10 heteroatoms. The van der Waals surface area contributed by atoms with Gasteiger partial charge in [-0.05, 0) is 18.6 Å². The summed E-state index contributed by atoms with van der Waals surface area (Å²) >= 11 is 0. The van der Waals surface area contributed by atoms with E-state index in [9.17, 15) is 32.7 Å². The van der Waals surface area contributed by atoms with E-state index in [2.05, 4.69) is 0 Å². The molecule has 0 bridgehead atoms. The number of esters is 1. The molecule has 162 valence electrons. The molecule has 0 unspecified atom stereocenters. The van der Waals surface area contributed by atoms with Crippen LogP contribution in [-0.2, 0) is 14.3 Å². The summed E-state index contributed by atoms with van der Waals surface area (Å²) in [4.78, 5) is 38.9. The molecule has 0 fully saturated rings. The molecule has 1 N–H and O–H groups in total. The first-order chi connectivity index (χ1) is 14.6. The second kappa shape index (κ2) is 7.09. The zero-order valence-electron chi connectivity index (χ0n) is 15.9. The predicted molar refractivity (Wildman–Crippen MR) is 95.8 cm³/mol. The topological polar surface area (TPSA) is 103 Å². The van der Waals surface area contributed by atoms with Crippen LogP contribution >= 0.6 is 0 Å². The van der Waals surface area contributed by atoms with Crippen molar-refractivity contribution < 1.29 is 46.6 Å². The van der Waals surface area contributed by atoms with Crippen molar-refractivity contribution in [2.24, 2.45) is 5.92 Å². The zero-order valence-corrected chi connectivity index (χ0v) is 15.9. The van der Waals surface area contributed by atoms with E-state index >= 15 is 0 Å². The van der Waals surface area contributed by atoms with Crippen molar-refractivity contribution in [2.75, 3.05) is 6.61 Å². The third-order valence-corrected chi connectivity index (χ3v) is 5.28. The number of carbonyl (C=O) groups excluding carboxylic acids is 3. The molecule has 31 heavy (non-hydrogen) atoms. The molecule has 2 heterocycles. The fourth-order valence-electron chi connectivity index (χ4n) is 3.94. The second-order valence-corrected chi connectivity index (χ2v) is 7.01. The molecule has 3 atom stereocenters. The van der Waals surface area contributed by atoms with E-state index in [-0.39, 0.29) is 23.3 Å². The molecule has 0 amide bonds. The maximum Gasteiger partial charge on any atom is 0.456 e. The highest BCUT2D eigenvalue weighted by molar-refractivity contribution is 6.27. The second-order valence-electron chi connectivity index (χ2n) is 7.01. The van der Waals surface area contributed by atoms with E-state index in [1.54, 1.807) is 0 Å². The summed E-state index contributed by atoms with van der Waals surface area (Å²) in [5.74, 6) is -12.5. The quantitative estimate of drug-likeness (QED) is 0.738. The van der Waals surface area contributed by atoms with E-state index in [4.69, 9.17) is 13.9 Å². The molecule has 0 radical (unpaired) electrons. The number of hydrogen-bond acceptors (Lipinski definition) is 7. The lowest BCUT2D eigenvalue weighted by atomic mass is 9.69. The number of ketones is 2. The van der Waals surface area contributed by atoms with Crippen LogP contribution in [0.25, 0.3) is 0 Å². The van der Waals surface area contributed by atoms with Crippen molar-refractivity contribution in [3.63, 3.8) is 0 Å². The normalized spacial score (nSPS) is 25.6. The van der Waals surface area contributed by atoms with Gasteiger partial charge in [-0.1, -0.05) is 24.3 Å². The van der Waals surface area contributed by atoms with Crippen molar-refractivity contribution in [3.8, 4) is 0 Å². The molecule has 0 saturated carbocycles. The lowest BCUT2D eigenvalue weighted by molar-refractivity contribution is -0.375. The molecule has 1 aliphatic heterocycles. The van der Waals surface area contributed by atoms with Crippen LogP contribution in [0, 0.1) is 5.92 Å². The van der Waals surface area contributed by atoms with Gasteiger partial charge in [-0.3, -0.25) is 14.4 Å². The number of hydrogen-bond donors (Lipinski definition) is 1. The van der Waals surface area contributed by atoms with Gasteiger partial charge in [0.25, 0.3) is 0 Å². The van der Waals surface area contributed by atoms with Crippen LogP contribution in [0.2, 0.25) is 0 Å². The minimum Gasteiger partial charge on any atom is -0.472 e. The summed E-state index contributed by atoms with van der Waals surface area (Å²) in [5, 5.41) is 10.6. The average molecular weight is 436 g/mol. The largest absolute Gasteiger partial charge is 0.472 e. The van der Waals surface area contributed by atoms with Gasteiger partial charge in [-0.25, -0.2) is 0 Å². The summed E-state index contributed by atoms with van der Waals surface area (Å²) in [6, 6.07) is 6.77. The summed E-state index contributed by atoms with van der Waals surface area (Å²) in [6.45, 7) is 1.08. The minimum atomic E-state index is -5.51. The van der Waals surface area contributed by atoms with Crippen LogP contribution in [0.5, 0.6) is 0 Å². The molecule has 1 aromatic heterocycles. The molecule has 1 aromatic carbocycles. The van der Waals surface area contributed by atoms with Gasteiger partial charge in [0, 0.05) is 17.0 Å². The number of carbonyl (C=O) groups is 3. The molecular formula is C21H15F3O7. The first kappa shape index (κ1) is 20.9. The smallest absolute Gasteiger partial charge is 0.456 e. The molecule has 0 saturated heterocycles. The molecule has 0 spiro atoms. The fourth-order valence-corrected chi connectivity index (χ4v) is 3.94. The Hall–Kier alpha value is -3.40. The Morgan fingerprint density at radius 1 is 1.16 bits per heavy atom. The summed E-state index contributed by atoms with van der Waals surface area (Å²) in [7, 11) is 0. The van der Waals surface area contributed by atoms with Gasteiger partial charge in [0.2, 0.25) is 5.78 Å². The van der Waals surface area contributed by atoms with Crippen LogP contribution in [0.15, 0.2) is 58.6 Å². The number of Topliss-reactive ketones (excluding diaryl/α,β-unsaturated/α-hetero) is 2. The van der Waals surface area contributed by atoms with E-state index in [1.807, 2.05) is 0 Å². The number of ether oxygens (including phenoxy) is 2. The monoisotopic (exact) mass is 436 g/mol. The van der Waals surface area contributed by atoms with Crippen LogP contribution < -0.4 is 0 Å². The van der Waals surface area contributed by atoms with Crippen molar-refractivity contribution in [1.82, 2.24) is 0 Å². The van der Waals surface area contributed by atoms with Crippen LogP contribution in [-0.4, -0.2) is 41.2 Å². The van der Waals surface area contributed by atoms with Gasteiger partial charge in [0.1, 0.15) is 5.92 Å². The van der Waals surface area contributed by atoms with E-state index in [0.29, 0.717) is 0 Å². The van der Waals surface area contributed by atoms with E-state index < -0.39 is 52.7 Å². The first-order valence-corrected chi connectivity index (χ1v) is 9.21. The van der Waals surface area contributed by atoms with Gasteiger partial charge in [-0.2, -0.15) is 13.2 Å². The van der Waals surface area contributed by atoms with E-state index in [0.717, 1.165) is 12.5 Å². The number of halogens is 3. The highest BCUT2D eigenvalue weighted by Gasteiger charge is 2.70. The Balaban J connectivity index is 2.03. The number of aliphatic hydroxyl groups is 1. The van der Waals surface area contributed by atoms with Crippen LogP contribution in [0.1, 0.15) is 39.1 Å². The molecule has 2 aromatic rings. The fraction of sp³-hybridized carbons (Fsp3) is 0.286. The minimum absolute atomic E-state index is 0.0305. The van der Waals surface area contributed by atoms with Crippen molar-refractivity contribution in [2.45, 2.75) is 24.8 Å². The Bertz CT molecular complexity index is 1100. The third-order valence-electron chi connectivity index (χ3n) is 5.28. The molecule has 2 aliphatic rings. The summed E-state index contributed by atoms with van der Waals surface area (Å²) in [6.07, 6.45) is -3.35. The van der Waals surface area contributed by atoms with Gasteiger partial charge in [0.05, 0.1) is 24.7 Å². The highest BCUT2D eigenvalue weighted by atomic mass is 19.4. The number of rotatable bonds is 3. The lowest BCUT2D eigenvalue weighted by Crippen LogP contribution is -2.61. The third kappa shape index (κ3) is 2.97. The number of allylic oxidation sites excluding steroid dienone is 2. The zero-order chi connectivity index (χ0) is 22.6. The lowest BCUT2D eigenvalue weighted by Gasteiger charge is -2.45. The average Bonchev–Trinajstić information content (AvgIpc) is 3.25. The van der Waals surface area contributed by atoms with Crippen molar-refractivity contribution >= 4 is 17.5 Å². The van der Waals surface area contributed by atoms with Gasteiger partial charge >= 0.3 is 17.9 Å². The number of benzene rings is 1. The Labute approximate surface area is 173 Å². The number of furan rings is 1. The predicted octanol–water partition coefficient (Wildman–Crippen LogP) is 3.16. The Morgan fingerprint density at radius 3 is 2.35 bits per heavy atom. The summed E-state index contributed by atoms with van der Waals surface area (Å²) < 4.78 is 56.7. The number of alkyl halides is 3. The standard InChI is InChI=1S/C21H15F3O7/c1-2-30-19(27)15-13(10-7-8-29-9-10)14-16(25)11-5-3-4-6-12(11)17(26)18(14)31-20(15,28)21(22,23)24/h3-9,13,15,28H,2H2,1H3/t13-,15-,20+/m1/s1. The van der Waals surface area contributed by atoms with Crippen molar-refractivity contribution in [3.05, 3.63) is 70.9 Å². The van der Waals surface area contributed by atoms with Gasteiger partial charge < -0.3 is 19.0 Å². The molecule has 7 nitrogen and oxygen atoms in total. The molecule has 4 rings (SSSR count). The maximum absolute atomic E-state index is 14.0. The summed E-state index contributed by atoms with van der Waals surface area (Å²) in [5.41, 5.74) is -0.728. The molecule has 1 aliphatic carbocycles. The van der Waals surface area contributed by atoms with Gasteiger partial charge in [-0.15, -0.1) is 0 Å². The SMILES string of the molecule is CCOC(=O)[C@H]1[C@H](c2ccoc2)C2=C(O[C@]1(O)C(F)(F)F)C(=O)c1ccccc1C2=O. The highest BCUT2D eigenvalue weighted by Crippen LogP contribution is 2.54. The molecular weight excluding hydrogens is 421 g/mol. The number of fused-ring (bicyclic) bond motifs is 1. The first-order valence-electron chi connectivity index (χ1n) is 9.21. The van der Waals surface area contributed by atoms with E-state index in [1.165, 1.54) is 37.3 Å². The van der Waals surface area contributed by atoms with Crippen LogP contribution in [0.4, 0.5) is 13.2 Å². The maximum atomic E-state index is 14.0. The Kier molecular flexibility index (Phi) is 4.77. The van der Waals surface area contributed by atoms with Gasteiger partial charge in [0.15, 0.2) is 11.5 Å².